The Balaban J connectivity index is 1.79. The van der Waals surface area contributed by atoms with Crippen LogP contribution in [-0.2, 0) is 22.2 Å². The van der Waals surface area contributed by atoms with Crippen molar-refractivity contribution in [2.75, 3.05) is 18.6 Å². The number of hydrogen-bond donors (Lipinski definition) is 1. The number of carbonyl (C=O) groups excluding carboxylic acids is 3. The topological polar surface area (TPSA) is 137 Å². The second kappa shape index (κ2) is 12.7. The van der Waals surface area contributed by atoms with E-state index in [2.05, 4.69) is 11.9 Å². The molecule has 0 spiro atoms. The number of anilines is 1. The molecule has 0 atom stereocenters. The van der Waals surface area contributed by atoms with Crippen LogP contribution in [-0.4, -0.2) is 36.5 Å². The van der Waals surface area contributed by atoms with Crippen molar-refractivity contribution in [3.05, 3.63) is 99.6 Å². The Morgan fingerprint density at radius 2 is 1.75 bits per heavy atom. The number of halogens is 3. The molecular weight excluding hydrogens is 587 g/mol. The minimum absolute atomic E-state index is 0.0136. The molecule has 14 heteroatoms. The molecule has 0 unspecified atom stereocenters. The van der Waals surface area contributed by atoms with E-state index < -0.39 is 45.9 Å². The van der Waals surface area contributed by atoms with Crippen molar-refractivity contribution >= 4 is 35.3 Å². The summed E-state index contributed by atoms with van der Waals surface area (Å²) in [5, 5.41) is 13.8. The summed E-state index contributed by atoms with van der Waals surface area (Å²) < 4.78 is 56.2. The van der Waals surface area contributed by atoms with Crippen LogP contribution in [0.5, 0.6) is 23.0 Å². The standard InChI is InChI=1S/C30H24F3N3O8/c1-4-6-18-13-17(14-22-27(37)34-29(39)35(28(22)38)20-8-10-21(42-3)11-9-20)15-25(43-5-2)26(18)44-24-12-7-19(30(31,32)33)16-23(24)36(40)41/h4,7-16H,1,5-6H2,2-3H3,(H,34,37,39)/b22-14+. The maximum atomic E-state index is 13.4. The molecule has 0 aliphatic carbocycles. The number of alkyl halides is 3. The molecule has 4 rings (SSSR count). The lowest BCUT2D eigenvalue weighted by Crippen LogP contribution is -2.54. The third-order valence-electron chi connectivity index (χ3n) is 6.26. The largest absolute Gasteiger partial charge is 0.497 e. The Morgan fingerprint density at radius 1 is 1.05 bits per heavy atom. The number of imide groups is 2. The van der Waals surface area contributed by atoms with Gasteiger partial charge >= 0.3 is 17.9 Å². The highest BCUT2D eigenvalue weighted by atomic mass is 19.4. The van der Waals surface area contributed by atoms with E-state index in [4.69, 9.17) is 14.2 Å². The van der Waals surface area contributed by atoms with E-state index in [0.717, 1.165) is 11.0 Å². The number of benzene rings is 3. The van der Waals surface area contributed by atoms with E-state index in [0.29, 0.717) is 23.4 Å². The summed E-state index contributed by atoms with van der Waals surface area (Å²) in [5.41, 5.74) is -1.80. The lowest BCUT2D eigenvalue weighted by molar-refractivity contribution is -0.385. The molecule has 44 heavy (non-hydrogen) atoms. The van der Waals surface area contributed by atoms with Gasteiger partial charge in [0.05, 0.1) is 29.9 Å². The predicted octanol–water partition coefficient (Wildman–Crippen LogP) is 6.21. The second-order valence-corrected chi connectivity index (χ2v) is 9.13. The zero-order valence-electron chi connectivity index (χ0n) is 23.3. The van der Waals surface area contributed by atoms with Gasteiger partial charge in [0, 0.05) is 11.6 Å². The first-order valence-electron chi connectivity index (χ1n) is 12.9. The van der Waals surface area contributed by atoms with E-state index in [1.807, 2.05) is 0 Å². The molecule has 228 valence electrons. The third kappa shape index (κ3) is 6.53. The molecule has 11 nitrogen and oxygen atoms in total. The van der Waals surface area contributed by atoms with Crippen LogP contribution in [0.4, 0.5) is 29.3 Å². The number of nitro groups is 1. The number of allylic oxidation sites excluding steroid dienone is 1. The molecule has 0 radical (unpaired) electrons. The van der Waals surface area contributed by atoms with Gasteiger partial charge in [0.2, 0.25) is 5.75 Å². The van der Waals surface area contributed by atoms with Gasteiger partial charge in [-0.25, -0.2) is 9.69 Å². The molecule has 0 saturated carbocycles. The van der Waals surface area contributed by atoms with E-state index in [9.17, 15) is 37.7 Å². The summed E-state index contributed by atoms with van der Waals surface area (Å²) in [6, 6.07) is 9.75. The SMILES string of the molecule is C=CCc1cc(/C=C2\C(=O)NC(=O)N(c3ccc(OC)cc3)C2=O)cc(OCC)c1Oc1ccc(C(F)(F)F)cc1[N+](=O)[O-]. The summed E-state index contributed by atoms with van der Waals surface area (Å²) in [6.07, 6.45) is -2.03. The molecule has 1 aliphatic heterocycles. The van der Waals surface area contributed by atoms with Crippen LogP contribution >= 0.6 is 0 Å². The van der Waals surface area contributed by atoms with Gasteiger partial charge in [-0.05, 0) is 73.5 Å². The number of nitrogens with zero attached hydrogens (tertiary/aromatic N) is 2. The van der Waals surface area contributed by atoms with Crippen molar-refractivity contribution < 1.29 is 46.7 Å². The number of amides is 4. The number of rotatable bonds is 10. The van der Waals surface area contributed by atoms with Gasteiger partial charge in [-0.3, -0.25) is 25.0 Å². The average molecular weight is 612 g/mol. The summed E-state index contributed by atoms with van der Waals surface area (Å²) in [5.74, 6) is -1.89. The maximum Gasteiger partial charge on any atom is 0.416 e. The van der Waals surface area contributed by atoms with Crippen molar-refractivity contribution in [2.24, 2.45) is 0 Å². The first-order valence-corrected chi connectivity index (χ1v) is 12.9. The van der Waals surface area contributed by atoms with Crippen LogP contribution in [0, 0.1) is 10.1 Å². The van der Waals surface area contributed by atoms with Crippen LogP contribution < -0.4 is 24.4 Å². The number of methoxy groups -OCH3 is 1. The lowest BCUT2D eigenvalue weighted by Gasteiger charge is -2.26. The summed E-state index contributed by atoms with van der Waals surface area (Å²) in [4.78, 5) is 50.1. The van der Waals surface area contributed by atoms with Crippen LogP contribution in [0.2, 0.25) is 0 Å². The molecular formula is C30H24F3N3O8. The summed E-state index contributed by atoms with van der Waals surface area (Å²) in [6.45, 7) is 5.40. The Labute approximate surface area is 248 Å². The van der Waals surface area contributed by atoms with Crippen LogP contribution in [0.25, 0.3) is 6.08 Å². The molecule has 0 bridgehead atoms. The molecule has 3 aromatic rings. The number of nitrogens with one attached hydrogen (secondary N) is 1. The number of barbiturate groups is 1. The summed E-state index contributed by atoms with van der Waals surface area (Å²) in [7, 11) is 1.45. The number of nitro benzene ring substituents is 1. The molecule has 1 fully saturated rings. The minimum atomic E-state index is -4.82. The lowest BCUT2D eigenvalue weighted by atomic mass is 10.0. The summed E-state index contributed by atoms with van der Waals surface area (Å²) >= 11 is 0. The molecule has 1 N–H and O–H groups in total. The Hall–Kier alpha value is -5.66. The Bertz CT molecular complexity index is 1680. The zero-order valence-corrected chi connectivity index (χ0v) is 23.3. The van der Waals surface area contributed by atoms with E-state index in [1.54, 1.807) is 6.92 Å². The fraction of sp³-hybridized carbons (Fsp3) is 0.167. The van der Waals surface area contributed by atoms with Crippen molar-refractivity contribution in [2.45, 2.75) is 19.5 Å². The molecule has 1 saturated heterocycles. The molecule has 1 aliphatic rings. The van der Waals surface area contributed by atoms with Crippen LogP contribution in [0.3, 0.4) is 0 Å². The quantitative estimate of drug-likeness (QED) is 0.0940. The van der Waals surface area contributed by atoms with E-state index >= 15 is 0 Å². The van der Waals surface area contributed by atoms with Gasteiger partial charge in [0.25, 0.3) is 11.8 Å². The van der Waals surface area contributed by atoms with Gasteiger partial charge in [-0.2, -0.15) is 13.2 Å². The number of urea groups is 1. The maximum absolute atomic E-state index is 13.4. The van der Waals surface area contributed by atoms with E-state index in [1.165, 1.54) is 55.7 Å². The molecule has 4 amide bonds. The molecule has 1 heterocycles. The third-order valence-corrected chi connectivity index (χ3v) is 6.26. The predicted molar refractivity (Wildman–Crippen MR) is 152 cm³/mol. The number of carbonyl (C=O) groups is 3. The van der Waals surface area contributed by atoms with Crippen molar-refractivity contribution in [1.82, 2.24) is 5.32 Å². The van der Waals surface area contributed by atoms with Crippen molar-refractivity contribution in [3.63, 3.8) is 0 Å². The highest BCUT2D eigenvalue weighted by Crippen LogP contribution is 2.42. The van der Waals surface area contributed by atoms with Crippen LogP contribution in [0.15, 0.2) is 72.8 Å². The zero-order chi connectivity index (χ0) is 32.2. The molecule has 3 aromatic carbocycles. The van der Waals surface area contributed by atoms with Gasteiger partial charge in [-0.1, -0.05) is 6.08 Å². The van der Waals surface area contributed by atoms with Gasteiger partial charge in [0.15, 0.2) is 11.5 Å². The highest BCUT2D eigenvalue weighted by Gasteiger charge is 2.37. The minimum Gasteiger partial charge on any atom is -0.497 e. The average Bonchev–Trinajstić information content (AvgIpc) is 2.97. The van der Waals surface area contributed by atoms with Gasteiger partial charge < -0.3 is 14.2 Å². The normalized spacial score (nSPS) is 14.3. The first-order chi connectivity index (χ1) is 20.9. The van der Waals surface area contributed by atoms with Gasteiger partial charge in [-0.15, -0.1) is 6.58 Å². The Morgan fingerprint density at radius 3 is 2.34 bits per heavy atom. The fourth-order valence-electron chi connectivity index (χ4n) is 4.28. The fourth-order valence-corrected chi connectivity index (χ4v) is 4.28. The van der Waals surface area contributed by atoms with Gasteiger partial charge in [0.1, 0.15) is 11.3 Å². The van der Waals surface area contributed by atoms with E-state index in [-0.39, 0.29) is 41.4 Å². The van der Waals surface area contributed by atoms with Crippen molar-refractivity contribution in [1.29, 1.82) is 0 Å². The highest BCUT2D eigenvalue weighted by molar-refractivity contribution is 6.39. The number of ether oxygens (including phenoxy) is 3. The Kier molecular flexibility index (Phi) is 9.02. The second-order valence-electron chi connectivity index (χ2n) is 9.13. The van der Waals surface area contributed by atoms with Crippen LogP contribution in [0.1, 0.15) is 23.6 Å². The monoisotopic (exact) mass is 611 g/mol. The number of hydrogen-bond acceptors (Lipinski definition) is 8. The molecule has 0 aromatic heterocycles. The van der Waals surface area contributed by atoms with Crippen molar-refractivity contribution in [3.8, 4) is 23.0 Å². The first kappa shape index (κ1) is 31.3. The smallest absolute Gasteiger partial charge is 0.416 e.